The molecule has 0 saturated carbocycles. The number of rotatable bonds is 5. The number of amides is 1. The van der Waals surface area contributed by atoms with Gasteiger partial charge in [-0.15, -0.1) is 0 Å². The van der Waals surface area contributed by atoms with Crippen molar-refractivity contribution in [1.29, 1.82) is 0 Å². The van der Waals surface area contributed by atoms with E-state index in [0.717, 1.165) is 3.57 Å². The van der Waals surface area contributed by atoms with Gasteiger partial charge in [-0.1, -0.05) is 0 Å². The topological polar surface area (TPSA) is 75.6 Å². The van der Waals surface area contributed by atoms with E-state index in [1.807, 2.05) is 6.07 Å². The quantitative estimate of drug-likeness (QED) is 0.703. The van der Waals surface area contributed by atoms with Gasteiger partial charge in [-0.3, -0.25) is 4.79 Å². The fraction of sp³-hybridized carbons (Fsp3) is 0.273. The molecule has 1 aromatic carbocycles. The molecule has 18 heavy (non-hydrogen) atoms. The average Bonchev–Trinajstić information content (AvgIpc) is 2.32. The fourth-order valence-electron chi connectivity index (χ4n) is 1.22. The third kappa shape index (κ3) is 4.21. The molecule has 0 aliphatic rings. The molecule has 0 radical (unpaired) electrons. The van der Waals surface area contributed by atoms with Crippen molar-refractivity contribution in [2.45, 2.75) is 6.10 Å². The molecule has 0 aliphatic heterocycles. The molecule has 0 bridgehead atoms. The molecule has 1 atom stereocenters. The van der Waals surface area contributed by atoms with Crippen LogP contribution in [-0.2, 0) is 9.53 Å². The third-order valence-electron chi connectivity index (χ3n) is 2.18. The Morgan fingerprint density at radius 1 is 1.56 bits per heavy atom. The maximum Gasteiger partial charge on any atom is 0.334 e. The zero-order chi connectivity index (χ0) is 13.7. The molecule has 1 aromatic rings. The molecule has 1 amide bonds. The van der Waals surface area contributed by atoms with Crippen molar-refractivity contribution in [3.05, 3.63) is 31.8 Å². The van der Waals surface area contributed by atoms with Gasteiger partial charge in [0.25, 0.3) is 5.91 Å². The maximum atomic E-state index is 11.9. The average molecular weight is 428 g/mol. The highest BCUT2D eigenvalue weighted by Crippen LogP contribution is 2.19. The molecule has 0 fully saturated rings. The number of hydrogen-bond donors (Lipinski definition) is 2. The molecule has 0 aromatic heterocycles. The van der Waals surface area contributed by atoms with Crippen molar-refractivity contribution < 1.29 is 19.4 Å². The number of carboxylic acid groups (broad SMARTS) is 1. The van der Waals surface area contributed by atoms with Crippen molar-refractivity contribution in [3.63, 3.8) is 0 Å². The normalized spacial score (nSPS) is 11.9. The van der Waals surface area contributed by atoms with E-state index < -0.39 is 12.1 Å². The number of benzene rings is 1. The minimum Gasteiger partial charge on any atom is -0.479 e. The molecule has 1 unspecified atom stereocenters. The molecular formula is C11H11BrINO4. The van der Waals surface area contributed by atoms with Crippen LogP contribution in [0, 0.1) is 3.57 Å². The van der Waals surface area contributed by atoms with Crippen molar-refractivity contribution in [3.8, 4) is 0 Å². The van der Waals surface area contributed by atoms with Crippen molar-refractivity contribution in [1.82, 2.24) is 5.32 Å². The SMILES string of the molecule is COC(CNC(=O)c1cc(I)ccc1Br)C(=O)O. The number of ether oxygens (including phenoxy) is 1. The minimum absolute atomic E-state index is 0.0808. The van der Waals surface area contributed by atoms with Gasteiger partial charge in [-0.05, 0) is 56.7 Å². The molecule has 1 rings (SSSR count). The first-order valence-corrected chi connectivity index (χ1v) is 6.81. The first-order valence-electron chi connectivity index (χ1n) is 4.94. The van der Waals surface area contributed by atoms with Crippen LogP contribution in [0.25, 0.3) is 0 Å². The van der Waals surface area contributed by atoms with E-state index in [-0.39, 0.29) is 12.5 Å². The number of methoxy groups -OCH3 is 1. The summed E-state index contributed by atoms with van der Waals surface area (Å²) in [5.41, 5.74) is 0.460. The summed E-state index contributed by atoms with van der Waals surface area (Å²) in [6, 6.07) is 5.33. The van der Waals surface area contributed by atoms with Gasteiger partial charge in [0.05, 0.1) is 12.1 Å². The molecule has 0 saturated heterocycles. The van der Waals surface area contributed by atoms with Crippen LogP contribution in [0.4, 0.5) is 0 Å². The Labute approximate surface area is 126 Å². The van der Waals surface area contributed by atoms with Crippen LogP contribution in [0.2, 0.25) is 0 Å². The summed E-state index contributed by atoms with van der Waals surface area (Å²) in [4.78, 5) is 22.6. The van der Waals surface area contributed by atoms with Crippen LogP contribution in [0.15, 0.2) is 22.7 Å². The Bertz CT molecular complexity index is 466. The maximum absolute atomic E-state index is 11.9. The first kappa shape index (κ1) is 15.4. The van der Waals surface area contributed by atoms with Crippen LogP contribution in [0.1, 0.15) is 10.4 Å². The second-order valence-corrected chi connectivity index (χ2v) is 5.50. The van der Waals surface area contributed by atoms with Gasteiger partial charge < -0.3 is 15.2 Å². The molecule has 7 heteroatoms. The van der Waals surface area contributed by atoms with E-state index in [1.165, 1.54) is 7.11 Å². The van der Waals surface area contributed by atoms with E-state index in [9.17, 15) is 9.59 Å². The van der Waals surface area contributed by atoms with E-state index >= 15 is 0 Å². The lowest BCUT2D eigenvalue weighted by Gasteiger charge is -2.12. The van der Waals surface area contributed by atoms with Gasteiger partial charge in [0.1, 0.15) is 0 Å². The van der Waals surface area contributed by atoms with Gasteiger partial charge in [-0.2, -0.15) is 0 Å². The largest absolute Gasteiger partial charge is 0.479 e. The van der Waals surface area contributed by atoms with E-state index in [0.29, 0.717) is 10.0 Å². The molecule has 0 aliphatic carbocycles. The molecule has 5 nitrogen and oxygen atoms in total. The fourth-order valence-corrected chi connectivity index (χ4v) is 2.14. The Hall–Kier alpha value is -0.670. The summed E-state index contributed by atoms with van der Waals surface area (Å²) in [6.07, 6.45) is -1.05. The van der Waals surface area contributed by atoms with Gasteiger partial charge in [0, 0.05) is 15.2 Å². The van der Waals surface area contributed by atoms with Gasteiger partial charge in [0.15, 0.2) is 6.10 Å². The Kier molecular flexibility index (Phi) is 6.03. The van der Waals surface area contributed by atoms with Gasteiger partial charge in [0.2, 0.25) is 0 Å². The number of hydrogen-bond acceptors (Lipinski definition) is 3. The summed E-state index contributed by atoms with van der Waals surface area (Å²) in [6.45, 7) is -0.0808. The van der Waals surface area contributed by atoms with E-state index in [4.69, 9.17) is 9.84 Å². The molecule has 98 valence electrons. The summed E-state index contributed by atoms with van der Waals surface area (Å²) < 4.78 is 6.30. The van der Waals surface area contributed by atoms with Crippen molar-refractivity contribution >= 4 is 50.4 Å². The minimum atomic E-state index is -1.11. The summed E-state index contributed by atoms with van der Waals surface area (Å²) in [5, 5.41) is 11.3. The Balaban J connectivity index is 2.71. The smallest absolute Gasteiger partial charge is 0.334 e. The van der Waals surface area contributed by atoms with Crippen molar-refractivity contribution in [2.75, 3.05) is 13.7 Å². The monoisotopic (exact) mass is 427 g/mol. The second-order valence-electron chi connectivity index (χ2n) is 3.40. The number of carbonyl (C=O) groups is 2. The Morgan fingerprint density at radius 3 is 2.78 bits per heavy atom. The third-order valence-corrected chi connectivity index (χ3v) is 3.54. The zero-order valence-corrected chi connectivity index (χ0v) is 13.2. The van der Waals surface area contributed by atoms with Crippen LogP contribution in [0.5, 0.6) is 0 Å². The van der Waals surface area contributed by atoms with Gasteiger partial charge in [-0.25, -0.2) is 4.79 Å². The summed E-state index contributed by atoms with van der Waals surface area (Å²) in [5.74, 6) is -1.46. The predicted molar refractivity (Wildman–Crippen MR) is 77.6 cm³/mol. The van der Waals surface area contributed by atoms with E-state index in [2.05, 4.69) is 43.8 Å². The first-order chi connectivity index (χ1) is 8.45. The highest BCUT2D eigenvalue weighted by atomic mass is 127. The molecule has 2 N–H and O–H groups in total. The zero-order valence-electron chi connectivity index (χ0n) is 9.44. The van der Waals surface area contributed by atoms with Crippen LogP contribution < -0.4 is 5.32 Å². The lowest BCUT2D eigenvalue weighted by atomic mass is 10.2. The summed E-state index contributed by atoms with van der Waals surface area (Å²) >= 11 is 5.37. The highest BCUT2D eigenvalue weighted by Gasteiger charge is 2.18. The number of halogens is 2. The number of aliphatic carboxylic acids is 1. The van der Waals surface area contributed by atoms with Crippen LogP contribution in [0.3, 0.4) is 0 Å². The number of nitrogens with one attached hydrogen (secondary N) is 1. The predicted octanol–water partition coefficient (Wildman–Crippen LogP) is 1.88. The molecule has 0 heterocycles. The molecule has 0 spiro atoms. The number of carbonyl (C=O) groups excluding carboxylic acids is 1. The standard InChI is InChI=1S/C11H11BrINO4/c1-18-9(11(16)17)5-14-10(15)7-4-6(13)2-3-8(7)12/h2-4,9H,5H2,1H3,(H,14,15)(H,16,17). The van der Waals surface area contributed by atoms with E-state index in [1.54, 1.807) is 12.1 Å². The van der Waals surface area contributed by atoms with Crippen LogP contribution >= 0.6 is 38.5 Å². The second kappa shape index (κ2) is 7.05. The van der Waals surface area contributed by atoms with Crippen LogP contribution in [-0.4, -0.2) is 36.7 Å². The van der Waals surface area contributed by atoms with Gasteiger partial charge >= 0.3 is 5.97 Å². The Morgan fingerprint density at radius 2 is 2.22 bits per heavy atom. The molecular weight excluding hydrogens is 417 g/mol. The lowest BCUT2D eigenvalue weighted by molar-refractivity contribution is -0.148. The van der Waals surface area contributed by atoms with Crippen molar-refractivity contribution in [2.24, 2.45) is 0 Å². The number of carboxylic acids is 1. The lowest BCUT2D eigenvalue weighted by Crippen LogP contribution is -2.37. The summed E-state index contributed by atoms with van der Waals surface area (Å²) in [7, 11) is 1.28. The highest BCUT2D eigenvalue weighted by molar-refractivity contribution is 14.1.